The van der Waals surface area contributed by atoms with Gasteiger partial charge in [0.25, 0.3) is 5.91 Å². The fourth-order valence-corrected chi connectivity index (χ4v) is 3.17. The van der Waals surface area contributed by atoms with E-state index in [9.17, 15) is 14.7 Å². The predicted octanol–water partition coefficient (Wildman–Crippen LogP) is 2.83. The van der Waals surface area contributed by atoms with Crippen molar-refractivity contribution < 1.29 is 23.8 Å². The number of carbonyl (C=O) groups excluding carboxylic acids is 1. The van der Waals surface area contributed by atoms with Crippen molar-refractivity contribution in [3.63, 3.8) is 0 Å². The summed E-state index contributed by atoms with van der Waals surface area (Å²) in [6.45, 7) is 2.17. The molecule has 1 aliphatic heterocycles. The van der Waals surface area contributed by atoms with Crippen molar-refractivity contribution in [1.29, 1.82) is 0 Å². The quantitative estimate of drug-likeness (QED) is 0.941. The fourth-order valence-electron chi connectivity index (χ4n) is 3.17. The minimum atomic E-state index is -0.957. The molecule has 0 saturated carbocycles. The lowest BCUT2D eigenvalue weighted by atomic mass is 10.00. The molecular formula is C17H19NO5. The third-order valence-corrected chi connectivity index (χ3v) is 4.33. The van der Waals surface area contributed by atoms with E-state index in [1.54, 1.807) is 32.2 Å². The number of piperidine rings is 1. The second-order valence-corrected chi connectivity index (χ2v) is 5.74. The Hall–Kier alpha value is -2.50. The van der Waals surface area contributed by atoms with Crippen LogP contribution in [-0.4, -0.2) is 41.6 Å². The molecule has 0 bridgehead atoms. The SMILES string of the molecule is COc1ccc2oc(C)c(C(=O)N3CCCCC3C(=O)O)c2c1. The number of carboxylic acid groups (broad SMARTS) is 1. The average molecular weight is 317 g/mol. The van der Waals surface area contributed by atoms with E-state index in [-0.39, 0.29) is 5.91 Å². The van der Waals surface area contributed by atoms with E-state index in [0.717, 1.165) is 12.8 Å². The smallest absolute Gasteiger partial charge is 0.326 e. The van der Waals surface area contributed by atoms with Crippen LogP contribution in [0.5, 0.6) is 5.75 Å². The van der Waals surface area contributed by atoms with Crippen LogP contribution in [0.4, 0.5) is 0 Å². The van der Waals surface area contributed by atoms with Gasteiger partial charge in [0.2, 0.25) is 0 Å². The minimum Gasteiger partial charge on any atom is -0.497 e. The fraction of sp³-hybridized carbons (Fsp3) is 0.412. The van der Waals surface area contributed by atoms with Crippen molar-refractivity contribution in [3.05, 3.63) is 29.5 Å². The molecule has 1 amide bonds. The van der Waals surface area contributed by atoms with E-state index in [4.69, 9.17) is 9.15 Å². The van der Waals surface area contributed by atoms with Crippen LogP contribution in [-0.2, 0) is 4.79 Å². The standard InChI is InChI=1S/C17H19NO5/c1-10-15(12-9-11(22-2)6-7-14(12)23-10)16(19)18-8-4-3-5-13(18)17(20)21/h6-7,9,13H,3-5,8H2,1-2H3,(H,20,21). The number of rotatable bonds is 3. The summed E-state index contributed by atoms with van der Waals surface area (Å²) in [4.78, 5) is 25.9. The highest BCUT2D eigenvalue weighted by Crippen LogP contribution is 2.31. The predicted molar refractivity (Wildman–Crippen MR) is 83.8 cm³/mol. The number of aliphatic carboxylic acids is 1. The number of hydrogen-bond acceptors (Lipinski definition) is 4. The molecule has 1 atom stereocenters. The van der Waals surface area contributed by atoms with E-state index < -0.39 is 12.0 Å². The van der Waals surface area contributed by atoms with Crippen molar-refractivity contribution in [3.8, 4) is 5.75 Å². The molecule has 1 saturated heterocycles. The number of carbonyl (C=O) groups is 2. The summed E-state index contributed by atoms with van der Waals surface area (Å²) in [5.74, 6) is -0.128. The van der Waals surface area contributed by atoms with Gasteiger partial charge in [0.1, 0.15) is 23.1 Å². The molecule has 3 rings (SSSR count). The van der Waals surface area contributed by atoms with Gasteiger partial charge in [0.15, 0.2) is 0 Å². The highest BCUT2D eigenvalue weighted by Gasteiger charge is 2.34. The van der Waals surface area contributed by atoms with Crippen LogP contribution in [0.2, 0.25) is 0 Å². The van der Waals surface area contributed by atoms with E-state index in [2.05, 4.69) is 0 Å². The number of methoxy groups -OCH3 is 1. The molecule has 1 N–H and O–H groups in total. The molecule has 0 aliphatic carbocycles. The highest BCUT2D eigenvalue weighted by molar-refractivity contribution is 6.08. The third-order valence-electron chi connectivity index (χ3n) is 4.33. The molecule has 1 aliphatic rings. The maximum Gasteiger partial charge on any atom is 0.326 e. The first-order valence-corrected chi connectivity index (χ1v) is 7.64. The zero-order valence-electron chi connectivity index (χ0n) is 13.2. The summed E-state index contributed by atoms with van der Waals surface area (Å²) in [5, 5.41) is 10.0. The Balaban J connectivity index is 2.06. The number of carboxylic acids is 1. The average Bonchev–Trinajstić information content (AvgIpc) is 2.88. The second kappa shape index (κ2) is 5.95. The summed E-state index contributed by atoms with van der Waals surface area (Å²) < 4.78 is 10.9. The molecule has 0 spiro atoms. The lowest BCUT2D eigenvalue weighted by Gasteiger charge is -2.32. The van der Waals surface area contributed by atoms with Gasteiger partial charge in [-0.1, -0.05) is 0 Å². The van der Waals surface area contributed by atoms with Crippen LogP contribution in [0.1, 0.15) is 35.4 Å². The van der Waals surface area contributed by atoms with E-state index in [0.29, 0.717) is 41.0 Å². The van der Waals surface area contributed by atoms with Crippen LogP contribution in [0, 0.1) is 6.92 Å². The Morgan fingerprint density at radius 3 is 2.83 bits per heavy atom. The van der Waals surface area contributed by atoms with Crippen LogP contribution in [0.15, 0.2) is 22.6 Å². The molecule has 6 nitrogen and oxygen atoms in total. The molecular weight excluding hydrogens is 298 g/mol. The molecule has 2 heterocycles. The van der Waals surface area contributed by atoms with Gasteiger partial charge in [-0.25, -0.2) is 4.79 Å². The number of hydrogen-bond donors (Lipinski definition) is 1. The first-order valence-electron chi connectivity index (χ1n) is 7.64. The van der Waals surface area contributed by atoms with Gasteiger partial charge in [0, 0.05) is 11.9 Å². The van der Waals surface area contributed by atoms with Crippen LogP contribution in [0.25, 0.3) is 11.0 Å². The third kappa shape index (κ3) is 2.65. The summed E-state index contributed by atoms with van der Waals surface area (Å²) >= 11 is 0. The van der Waals surface area contributed by atoms with Crippen molar-refractivity contribution in [2.45, 2.75) is 32.2 Å². The van der Waals surface area contributed by atoms with Gasteiger partial charge in [0.05, 0.1) is 12.7 Å². The van der Waals surface area contributed by atoms with Crippen LogP contribution in [0.3, 0.4) is 0 Å². The first-order chi connectivity index (χ1) is 11.0. The molecule has 1 aromatic carbocycles. The zero-order valence-corrected chi connectivity index (χ0v) is 13.2. The van der Waals surface area contributed by atoms with Crippen molar-refractivity contribution in [1.82, 2.24) is 4.90 Å². The molecule has 6 heteroatoms. The second-order valence-electron chi connectivity index (χ2n) is 5.74. The number of furan rings is 1. The molecule has 122 valence electrons. The van der Waals surface area contributed by atoms with Gasteiger partial charge >= 0.3 is 5.97 Å². The normalized spacial score (nSPS) is 18.2. The summed E-state index contributed by atoms with van der Waals surface area (Å²) in [6.07, 6.45) is 2.12. The highest BCUT2D eigenvalue weighted by atomic mass is 16.5. The number of fused-ring (bicyclic) bond motifs is 1. The van der Waals surface area contributed by atoms with Crippen LogP contribution >= 0.6 is 0 Å². The lowest BCUT2D eigenvalue weighted by Crippen LogP contribution is -2.48. The zero-order chi connectivity index (χ0) is 16.6. The number of likely N-dealkylation sites (tertiary alicyclic amines) is 1. The Bertz CT molecular complexity index is 764. The van der Waals surface area contributed by atoms with E-state index >= 15 is 0 Å². The van der Waals surface area contributed by atoms with Crippen LogP contribution < -0.4 is 4.74 Å². The van der Waals surface area contributed by atoms with Gasteiger partial charge in [-0.2, -0.15) is 0 Å². The summed E-state index contributed by atoms with van der Waals surface area (Å²) in [5.41, 5.74) is 1.02. The molecule has 1 fully saturated rings. The largest absolute Gasteiger partial charge is 0.497 e. The number of benzene rings is 1. The molecule has 23 heavy (non-hydrogen) atoms. The molecule has 1 aromatic heterocycles. The number of amides is 1. The number of ether oxygens (including phenoxy) is 1. The van der Waals surface area contributed by atoms with Gasteiger partial charge < -0.3 is 19.2 Å². The summed E-state index contributed by atoms with van der Waals surface area (Å²) in [7, 11) is 1.56. The van der Waals surface area contributed by atoms with Crippen molar-refractivity contribution in [2.24, 2.45) is 0 Å². The van der Waals surface area contributed by atoms with E-state index in [1.807, 2.05) is 0 Å². The molecule has 0 radical (unpaired) electrons. The monoisotopic (exact) mass is 317 g/mol. The van der Waals surface area contributed by atoms with Crippen molar-refractivity contribution in [2.75, 3.05) is 13.7 Å². The topological polar surface area (TPSA) is 80.0 Å². The number of aryl methyl sites for hydroxylation is 1. The van der Waals surface area contributed by atoms with Crippen molar-refractivity contribution >= 4 is 22.8 Å². The minimum absolute atomic E-state index is 0.290. The maximum absolute atomic E-state index is 13.0. The first kappa shape index (κ1) is 15.4. The van der Waals surface area contributed by atoms with Gasteiger partial charge in [-0.3, -0.25) is 4.79 Å². The Labute approximate surface area is 133 Å². The summed E-state index contributed by atoms with van der Waals surface area (Å²) in [6, 6.07) is 4.49. The Kier molecular flexibility index (Phi) is 3.98. The number of nitrogens with zero attached hydrogens (tertiary/aromatic N) is 1. The van der Waals surface area contributed by atoms with Gasteiger partial charge in [-0.15, -0.1) is 0 Å². The van der Waals surface area contributed by atoms with E-state index in [1.165, 1.54) is 4.90 Å². The lowest BCUT2D eigenvalue weighted by molar-refractivity contribution is -0.143. The Morgan fingerprint density at radius 1 is 1.35 bits per heavy atom. The molecule has 1 unspecified atom stereocenters. The van der Waals surface area contributed by atoms with Gasteiger partial charge in [-0.05, 0) is 44.4 Å². The molecule has 2 aromatic rings. The Morgan fingerprint density at radius 2 is 2.13 bits per heavy atom. The maximum atomic E-state index is 13.0.